The van der Waals surface area contributed by atoms with Crippen LogP contribution >= 0.6 is 0 Å². The Bertz CT molecular complexity index is 753. The lowest BCUT2D eigenvalue weighted by Gasteiger charge is -2.19. The number of aromatic hydroxyl groups is 1. The minimum Gasteiger partial charge on any atom is -0.507 e. The number of benzene rings is 1. The molecule has 268 valence electrons. The Morgan fingerprint density at radius 1 is 0.565 bits per heavy atom. The van der Waals surface area contributed by atoms with Gasteiger partial charge in [-0.3, -0.25) is 4.79 Å². The molecule has 0 saturated heterocycles. The van der Waals surface area contributed by atoms with Gasteiger partial charge in [-0.25, -0.2) is 0 Å². The molecule has 1 N–H and O–H groups in total. The summed E-state index contributed by atoms with van der Waals surface area (Å²) in [6.45, 7) is 7.84. The molecule has 1 aromatic rings. The van der Waals surface area contributed by atoms with E-state index in [9.17, 15) is 9.90 Å². The summed E-state index contributed by atoms with van der Waals surface area (Å²) in [6, 6.07) is 4.68. The summed E-state index contributed by atoms with van der Waals surface area (Å²) >= 11 is 0. The van der Waals surface area contributed by atoms with Crippen molar-refractivity contribution in [1.82, 2.24) is 0 Å². The first-order valence-electron chi connectivity index (χ1n) is 19.4. The molecule has 0 atom stereocenters. The molecule has 0 amide bonds. The molecule has 0 aromatic heterocycles. The molecule has 0 spiro atoms. The quantitative estimate of drug-likeness (QED) is 0.0576. The third-order valence-electron chi connectivity index (χ3n) is 8.73. The molecule has 1 rings (SSSR count). The molecule has 46 heavy (non-hydrogen) atoms. The number of hydrogen-bond acceptors (Lipinski definition) is 6. The summed E-state index contributed by atoms with van der Waals surface area (Å²) in [6.07, 6.45) is 32.6. The maximum Gasteiger partial charge on any atom is 0.153 e. The Hall–Kier alpha value is -1.63. The van der Waals surface area contributed by atoms with E-state index in [4.69, 9.17) is 18.9 Å². The topological polar surface area (TPSA) is 74.2 Å². The number of phenols is 1. The number of carbonyl (C=O) groups excluding carboxylic acids is 1. The third-order valence-corrected chi connectivity index (χ3v) is 8.73. The minimum atomic E-state index is -0.135. The van der Waals surface area contributed by atoms with Crippen LogP contribution in [0.2, 0.25) is 0 Å². The molecule has 0 unspecified atom stereocenters. The van der Waals surface area contributed by atoms with Crippen LogP contribution in [0.4, 0.5) is 0 Å². The van der Waals surface area contributed by atoms with Gasteiger partial charge >= 0.3 is 0 Å². The zero-order valence-electron chi connectivity index (χ0n) is 30.1. The van der Waals surface area contributed by atoms with Gasteiger partial charge < -0.3 is 24.1 Å². The summed E-state index contributed by atoms with van der Waals surface area (Å²) in [5.74, 6) is 0.429. The summed E-state index contributed by atoms with van der Waals surface area (Å²) in [5, 5.41) is 9.87. The van der Waals surface area contributed by atoms with E-state index < -0.39 is 0 Å². The van der Waals surface area contributed by atoms with Gasteiger partial charge in [0.1, 0.15) is 24.2 Å². The predicted octanol–water partition coefficient (Wildman–Crippen LogP) is 11.4. The fourth-order valence-electron chi connectivity index (χ4n) is 5.75. The molecule has 6 heteroatoms. The van der Waals surface area contributed by atoms with E-state index in [2.05, 4.69) is 13.8 Å². The fraction of sp³-hybridized carbons (Fsp3) is 0.825. The summed E-state index contributed by atoms with van der Waals surface area (Å²) in [4.78, 5) is 10.9. The van der Waals surface area contributed by atoms with E-state index in [1.54, 1.807) is 12.1 Å². The van der Waals surface area contributed by atoms with Crippen LogP contribution < -0.4 is 4.74 Å². The number of unbranched alkanes of at least 4 members (excludes halogenated alkanes) is 22. The van der Waals surface area contributed by atoms with Crippen LogP contribution in [0.5, 0.6) is 11.5 Å². The van der Waals surface area contributed by atoms with E-state index in [0.29, 0.717) is 38.5 Å². The molecule has 1 aromatic carbocycles. The molecule has 0 fully saturated rings. The maximum absolute atomic E-state index is 10.9. The number of rotatable bonds is 36. The predicted molar refractivity (Wildman–Crippen MR) is 193 cm³/mol. The van der Waals surface area contributed by atoms with Gasteiger partial charge in [-0.2, -0.15) is 0 Å². The van der Waals surface area contributed by atoms with Gasteiger partial charge in [-0.05, 0) is 25.0 Å². The van der Waals surface area contributed by atoms with Crippen molar-refractivity contribution in [1.29, 1.82) is 0 Å². The number of ether oxygens (including phenoxy) is 4. The van der Waals surface area contributed by atoms with Crippen LogP contribution in [0.15, 0.2) is 18.2 Å². The molecule has 0 saturated carbocycles. The first-order chi connectivity index (χ1) is 22.7. The molecule has 0 aliphatic carbocycles. The lowest BCUT2D eigenvalue weighted by molar-refractivity contribution is -0.0662. The van der Waals surface area contributed by atoms with Gasteiger partial charge in [0.05, 0.1) is 25.4 Å². The zero-order valence-corrected chi connectivity index (χ0v) is 30.1. The van der Waals surface area contributed by atoms with Crippen LogP contribution in [0, 0.1) is 0 Å². The smallest absolute Gasteiger partial charge is 0.153 e. The highest BCUT2D eigenvalue weighted by Crippen LogP contribution is 2.22. The van der Waals surface area contributed by atoms with Crippen LogP contribution in [0.1, 0.15) is 178 Å². The molecule has 6 nitrogen and oxygen atoms in total. The number of hydrogen-bond donors (Lipinski definition) is 1. The summed E-state index contributed by atoms with van der Waals surface area (Å²) < 4.78 is 23.8. The van der Waals surface area contributed by atoms with Gasteiger partial charge in [0.25, 0.3) is 0 Å². The SMILES string of the molecule is CCCCCCCCCCCCCCOCC(COCCCCCCCCCCCCCC)OCCOc1ccc(C=O)c(O)c1. The highest BCUT2D eigenvalue weighted by atomic mass is 16.6. The van der Waals surface area contributed by atoms with Gasteiger partial charge in [0.2, 0.25) is 0 Å². The molecule has 0 aliphatic rings. The summed E-state index contributed by atoms with van der Waals surface area (Å²) in [7, 11) is 0. The second-order valence-corrected chi connectivity index (χ2v) is 13.1. The Labute approximate surface area is 283 Å². The molecule has 0 bridgehead atoms. The first-order valence-corrected chi connectivity index (χ1v) is 19.4. The Balaban J connectivity index is 2.17. The van der Waals surface area contributed by atoms with Crippen LogP contribution in [-0.4, -0.2) is 57.1 Å². The Morgan fingerprint density at radius 2 is 0.978 bits per heavy atom. The standard InChI is InChI=1S/C40H72O6/c1-3-5-7-9-11-13-15-17-19-21-23-25-29-43-35-39(46-32-31-45-38-28-27-37(34-41)40(42)33-38)36-44-30-26-24-22-20-18-16-14-12-10-8-6-4-2/h27-28,33-34,39,42H,3-26,29-32,35-36H2,1-2H3. The van der Waals surface area contributed by atoms with E-state index in [1.165, 1.54) is 147 Å². The molecule has 0 aliphatic heterocycles. The van der Waals surface area contributed by atoms with Crippen molar-refractivity contribution in [2.75, 3.05) is 39.6 Å². The minimum absolute atomic E-state index is 0.0799. The van der Waals surface area contributed by atoms with Crippen LogP contribution in [0.25, 0.3) is 0 Å². The van der Waals surface area contributed by atoms with Crippen molar-refractivity contribution in [3.05, 3.63) is 23.8 Å². The molecular formula is C40H72O6. The van der Waals surface area contributed by atoms with Crippen molar-refractivity contribution >= 4 is 6.29 Å². The van der Waals surface area contributed by atoms with E-state index in [0.717, 1.165) is 26.1 Å². The highest BCUT2D eigenvalue weighted by Gasteiger charge is 2.11. The monoisotopic (exact) mass is 649 g/mol. The van der Waals surface area contributed by atoms with Gasteiger partial charge in [-0.15, -0.1) is 0 Å². The third kappa shape index (κ3) is 26.4. The fourth-order valence-corrected chi connectivity index (χ4v) is 5.75. The Morgan fingerprint density at radius 3 is 1.37 bits per heavy atom. The summed E-state index contributed by atoms with van der Waals surface area (Å²) in [5.41, 5.74) is 0.249. The molecule has 0 radical (unpaired) electrons. The Kier molecular flexibility index (Phi) is 30.7. The second-order valence-electron chi connectivity index (χ2n) is 13.1. The van der Waals surface area contributed by atoms with Gasteiger partial charge in [-0.1, -0.05) is 155 Å². The maximum atomic E-state index is 10.9. The van der Waals surface area contributed by atoms with Crippen molar-refractivity contribution in [2.45, 2.75) is 174 Å². The number of aldehydes is 1. The largest absolute Gasteiger partial charge is 0.507 e. The van der Waals surface area contributed by atoms with E-state index in [-0.39, 0.29) is 17.4 Å². The lowest BCUT2D eigenvalue weighted by Crippen LogP contribution is -2.28. The highest BCUT2D eigenvalue weighted by molar-refractivity contribution is 5.79. The second kappa shape index (κ2) is 33.3. The van der Waals surface area contributed by atoms with E-state index >= 15 is 0 Å². The number of carbonyl (C=O) groups is 1. The van der Waals surface area contributed by atoms with Crippen LogP contribution in [-0.2, 0) is 14.2 Å². The zero-order chi connectivity index (χ0) is 33.2. The van der Waals surface area contributed by atoms with Gasteiger partial charge in [0, 0.05) is 19.3 Å². The van der Waals surface area contributed by atoms with Crippen molar-refractivity contribution in [3.63, 3.8) is 0 Å². The van der Waals surface area contributed by atoms with Crippen molar-refractivity contribution in [2.24, 2.45) is 0 Å². The van der Waals surface area contributed by atoms with E-state index in [1.807, 2.05) is 0 Å². The average molecular weight is 649 g/mol. The van der Waals surface area contributed by atoms with Gasteiger partial charge in [0.15, 0.2) is 6.29 Å². The average Bonchev–Trinajstić information content (AvgIpc) is 3.06. The normalized spacial score (nSPS) is 11.5. The van der Waals surface area contributed by atoms with Crippen LogP contribution in [0.3, 0.4) is 0 Å². The number of phenolic OH excluding ortho intramolecular Hbond substituents is 1. The first kappa shape index (κ1) is 42.4. The van der Waals surface area contributed by atoms with Crippen molar-refractivity contribution < 1.29 is 28.8 Å². The molecular weight excluding hydrogens is 576 g/mol. The van der Waals surface area contributed by atoms with Crippen molar-refractivity contribution in [3.8, 4) is 11.5 Å². The lowest BCUT2D eigenvalue weighted by atomic mass is 10.1. The molecule has 0 heterocycles.